The van der Waals surface area contributed by atoms with Crippen LogP contribution in [0.2, 0.25) is 0 Å². The van der Waals surface area contributed by atoms with Crippen LogP contribution in [0.1, 0.15) is 57.8 Å². The molecule has 0 aromatic heterocycles. The average molecular weight is 252 g/mol. The third kappa shape index (κ3) is 2.73. The maximum Gasteiger partial charge on any atom is 0.0697 e. The van der Waals surface area contributed by atoms with Crippen LogP contribution in [0.5, 0.6) is 0 Å². The summed E-state index contributed by atoms with van der Waals surface area (Å²) in [4.78, 5) is 2.77. The molecule has 3 fully saturated rings. The number of ether oxygens (including phenoxy) is 1. The van der Waals surface area contributed by atoms with Gasteiger partial charge in [-0.15, -0.1) is 0 Å². The van der Waals surface area contributed by atoms with E-state index in [1.165, 1.54) is 57.9 Å². The van der Waals surface area contributed by atoms with Gasteiger partial charge in [0.2, 0.25) is 0 Å². The van der Waals surface area contributed by atoms with E-state index in [0.717, 1.165) is 31.7 Å². The Balaban J connectivity index is 1.62. The minimum atomic E-state index is 0.263. The smallest absolute Gasteiger partial charge is 0.0697 e. The first-order valence-electron chi connectivity index (χ1n) is 7.93. The van der Waals surface area contributed by atoms with Crippen LogP contribution in [0, 0.1) is 0 Å². The minimum absolute atomic E-state index is 0.263. The van der Waals surface area contributed by atoms with Gasteiger partial charge in [0.05, 0.1) is 5.60 Å². The van der Waals surface area contributed by atoms with Crippen molar-refractivity contribution in [1.82, 2.24) is 4.90 Å². The summed E-state index contributed by atoms with van der Waals surface area (Å²) in [6, 6.07) is 1.65. The molecule has 1 atom stereocenters. The first-order valence-corrected chi connectivity index (χ1v) is 7.93. The summed E-state index contributed by atoms with van der Waals surface area (Å²) in [5.74, 6) is 0. The molecule has 0 amide bonds. The topological polar surface area (TPSA) is 38.5 Å². The van der Waals surface area contributed by atoms with Crippen molar-refractivity contribution in [2.24, 2.45) is 5.73 Å². The molecule has 3 nitrogen and oxygen atoms in total. The Morgan fingerprint density at radius 2 is 1.89 bits per heavy atom. The molecule has 1 unspecified atom stereocenters. The monoisotopic (exact) mass is 252 g/mol. The largest absolute Gasteiger partial charge is 0.375 e. The second-order valence-electron chi connectivity index (χ2n) is 6.50. The normalized spacial score (nSPS) is 31.3. The SMILES string of the molecule is NCCCN(C1CC1)C1CCOC2(CCCC2)C1. The predicted octanol–water partition coefficient (Wildman–Crippen LogP) is 2.29. The number of nitrogens with two attached hydrogens (primary N) is 1. The molecule has 0 radical (unpaired) electrons. The van der Waals surface area contributed by atoms with Crippen LogP contribution < -0.4 is 5.73 Å². The predicted molar refractivity (Wildman–Crippen MR) is 73.6 cm³/mol. The van der Waals surface area contributed by atoms with Crippen LogP contribution in [0.15, 0.2) is 0 Å². The highest BCUT2D eigenvalue weighted by Gasteiger charge is 2.43. The summed E-state index contributed by atoms with van der Waals surface area (Å²) in [6.07, 6.45) is 11.9. The van der Waals surface area contributed by atoms with E-state index in [-0.39, 0.29) is 5.60 Å². The Kier molecular flexibility index (Phi) is 3.92. The van der Waals surface area contributed by atoms with Crippen molar-refractivity contribution in [3.63, 3.8) is 0 Å². The van der Waals surface area contributed by atoms with Crippen molar-refractivity contribution in [2.45, 2.75) is 75.5 Å². The van der Waals surface area contributed by atoms with Gasteiger partial charge in [0.15, 0.2) is 0 Å². The highest BCUT2D eigenvalue weighted by atomic mass is 16.5. The van der Waals surface area contributed by atoms with E-state index in [1.807, 2.05) is 0 Å². The van der Waals surface area contributed by atoms with E-state index in [1.54, 1.807) is 0 Å². The highest BCUT2D eigenvalue weighted by Crippen LogP contribution is 2.43. The quantitative estimate of drug-likeness (QED) is 0.816. The van der Waals surface area contributed by atoms with Crippen molar-refractivity contribution >= 4 is 0 Å². The first-order chi connectivity index (χ1) is 8.83. The Hall–Kier alpha value is -0.120. The fourth-order valence-electron chi connectivity index (χ4n) is 4.00. The van der Waals surface area contributed by atoms with Gasteiger partial charge in [0, 0.05) is 18.7 Å². The molecule has 0 aromatic carbocycles. The molecular formula is C15H28N2O. The van der Waals surface area contributed by atoms with Gasteiger partial charge >= 0.3 is 0 Å². The molecule has 1 heterocycles. The second-order valence-corrected chi connectivity index (χ2v) is 6.50. The lowest BCUT2D eigenvalue weighted by molar-refractivity contribution is -0.103. The molecule has 18 heavy (non-hydrogen) atoms. The number of hydrogen-bond acceptors (Lipinski definition) is 3. The molecule has 1 aliphatic heterocycles. The second kappa shape index (κ2) is 5.48. The van der Waals surface area contributed by atoms with Crippen LogP contribution in [0.25, 0.3) is 0 Å². The van der Waals surface area contributed by atoms with E-state index < -0.39 is 0 Å². The lowest BCUT2D eigenvalue weighted by Gasteiger charge is -2.43. The third-order valence-corrected chi connectivity index (χ3v) is 5.09. The van der Waals surface area contributed by atoms with Gasteiger partial charge in [-0.05, 0) is 58.0 Å². The molecule has 2 aliphatic carbocycles. The standard InChI is InChI=1S/C15H28N2O/c16-9-3-10-17(13-4-5-13)14-6-11-18-15(12-14)7-1-2-8-15/h13-14H,1-12,16H2. The molecule has 2 saturated carbocycles. The fraction of sp³-hybridized carbons (Fsp3) is 1.00. The van der Waals surface area contributed by atoms with Gasteiger partial charge < -0.3 is 10.5 Å². The van der Waals surface area contributed by atoms with Gasteiger partial charge in [-0.2, -0.15) is 0 Å². The maximum absolute atomic E-state index is 6.16. The first kappa shape index (κ1) is 12.9. The van der Waals surface area contributed by atoms with Crippen LogP contribution in [-0.4, -0.2) is 42.3 Å². The Morgan fingerprint density at radius 3 is 2.56 bits per heavy atom. The van der Waals surface area contributed by atoms with Gasteiger partial charge in [-0.1, -0.05) is 12.8 Å². The van der Waals surface area contributed by atoms with Gasteiger partial charge in [-0.3, -0.25) is 4.90 Å². The molecule has 2 N–H and O–H groups in total. The molecule has 104 valence electrons. The zero-order valence-electron chi connectivity index (χ0n) is 11.6. The van der Waals surface area contributed by atoms with Gasteiger partial charge in [0.25, 0.3) is 0 Å². The summed E-state index contributed by atoms with van der Waals surface area (Å²) < 4.78 is 6.16. The lowest BCUT2D eigenvalue weighted by atomic mass is 9.88. The van der Waals surface area contributed by atoms with E-state index in [4.69, 9.17) is 10.5 Å². The van der Waals surface area contributed by atoms with Crippen molar-refractivity contribution in [1.29, 1.82) is 0 Å². The zero-order chi connectivity index (χ0) is 12.4. The summed E-state index contributed by atoms with van der Waals surface area (Å²) in [6.45, 7) is 3.02. The van der Waals surface area contributed by atoms with E-state index >= 15 is 0 Å². The zero-order valence-corrected chi connectivity index (χ0v) is 11.6. The van der Waals surface area contributed by atoms with Crippen molar-refractivity contribution in [3.8, 4) is 0 Å². The fourth-order valence-corrected chi connectivity index (χ4v) is 4.00. The summed E-state index contributed by atoms with van der Waals surface area (Å²) in [7, 11) is 0. The molecule has 1 spiro atoms. The molecule has 1 saturated heterocycles. The summed E-state index contributed by atoms with van der Waals surface area (Å²) in [5.41, 5.74) is 5.95. The van der Waals surface area contributed by atoms with Gasteiger partial charge in [-0.25, -0.2) is 0 Å². The molecule has 3 aliphatic rings. The maximum atomic E-state index is 6.16. The molecular weight excluding hydrogens is 224 g/mol. The van der Waals surface area contributed by atoms with Gasteiger partial charge in [0.1, 0.15) is 0 Å². The minimum Gasteiger partial charge on any atom is -0.375 e. The van der Waals surface area contributed by atoms with Crippen LogP contribution in [-0.2, 0) is 4.74 Å². The van der Waals surface area contributed by atoms with E-state index in [9.17, 15) is 0 Å². The van der Waals surface area contributed by atoms with E-state index in [0.29, 0.717) is 0 Å². The van der Waals surface area contributed by atoms with Crippen LogP contribution >= 0.6 is 0 Å². The molecule has 0 bridgehead atoms. The average Bonchev–Trinajstić information content (AvgIpc) is 3.13. The molecule has 0 aromatic rings. The van der Waals surface area contributed by atoms with Crippen molar-refractivity contribution in [3.05, 3.63) is 0 Å². The Bertz CT molecular complexity index is 272. The van der Waals surface area contributed by atoms with Crippen molar-refractivity contribution in [2.75, 3.05) is 19.7 Å². The summed E-state index contributed by atoms with van der Waals surface area (Å²) in [5, 5.41) is 0. The van der Waals surface area contributed by atoms with Crippen LogP contribution in [0.3, 0.4) is 0 Å². The lowest BCUT2D eigenvalue weighted by Crippen LogP contribution is -2.48. The third-order valence-electron chi connectivity index (χ3n) is 5.09. The van der Waals surface area contributed by atoms with E-state index in [2.05, 4.69) is 4.90 Å². The number of nitrogens with zero attached hydrogens (tertiary/aromatic N) is 1. The van der Waals surface area contributed by atoms with Crippen LogP contribution in [0.4, 0.5) is 0 Å². The Labute approximate surface area is 111 Å². The molecule has 3 rings (SSSR count). The molecule has 3 heteroatoms. The number of rotatable bonds is 5. The Morgan fingerprint density at radius 1 is 1.11 bits per heavy atom. The van der Waals surface area contributed by atoms with Crippen molar-refractivity contribution < 1.29 is 4.74 Å². The summed E-state index contributed by atoms with van der Waals surface area (Å²) >= 11 is 0. The number of hydrogen-bond donors (Lipinski definition) is 1. The highest BCUT2D eigenvalue weighted by molar-refractivity contribution is 4.97.